The van der Waals surface area contributed by atoms with Gasteiger partial charge in [0.25, 0.3) is 0 Å². The zero-order chi connectivity index (χ0) is 14.8. The minimum atomic E-state index is -3.21. The van der Waals surface area contributed by atoms with Crippen LogP contribution in [-0.2, 0) is 16.4 Å². The Hall–Kier alpha value is -1.37. The summed E-state index contributed by atoms with van der Waals surface area (Å²) in [6.45, 7) is -0.224. The van der Waals surface area contributed by atoms with E-state index >= 15 is 0 Å². The molecule has 20 heavy (non-hydrogen) atoms. The number of rotatable bonds is 4. The van der Waals surface area contributed by atoms with Gasteiger partial charge in [-0.15, -0.1) is 0 Å². The maximum absolute atomic E-state index is 13.3. The van der Waals surface area contributed by atoms with Crippen LogP contribution in [0.3, 0.4) is 0 Å². The smallest absolute Gasteiger partial charge is 0.175 e. The summed E-state index contributed by atoms with van der Waals surface area (Å²) in [4.78, 5) is 1.70. The molecule has 0 amide bonds. The largest absolute Gasteiger partial charge is 0.392 e. The Kier molecular flexibility index (Phi) is 4.47. The third kappa shape index (κ3) is 3.82. The molecule has 0 aliphatic carbocycles. The standard InChI is InChI=1S/C14H13FO3S2/c1-20(17,18)14-4-2-12(3-5-14)19-13-7-10(9-16)6-11(15)8-13/h2-8,16H,9H2,1H3. The third-order valence-corrected chi connectivity index (χ3v) is 4.71. The fourth-order valence-electron chi connectivity index (χ4n) is 1.66. The lowest BCUT2D eigenvalue weighted by atomic mass is 10.2. The van der Waals surface area contributed by atoms with Crippen LogP contribution in [0.4, 0.5) is 4.39 Å². The van der Waals surface area contributed by atoms with Gasteiger partial charge in [0.2, 0.25) is 0 Å². The molecule has 0 fully saturated rings. The SMILES string of the molecule is CS(=O)(=O)c1ccc(Sc2cc(F)cc(CO)c2)cc1. The molecular weight excluding hydrogens is 299 g/mol. The van der Waals surface area contributed by atoms with Crippen molar-refractivity contribution in [1.82, 2.24) is 0 Å². The first-order valence-corrected chi connectivity index (χ1v) is 8.47. The van der Waals surface area contributed by atoms with Crippen molar-refractivity contribution in [3.63, 3.8) is 0 Å². The van der Waals surface area contributed by atoms with Crippen LogP contribution in [0, 0.1) is 5.82 Å². The molecule has 0 aliphatic heterocycles. The van der Waals surface area contributed by atoms with Crippen molar-refractivity contribution in [2.45, 2.75) is 21.3 Å². The first kappa shape index (κ1) is 15.0. The van der Waals surface area contributed by atoms with E-state index in [9.17, 15) is 12.8 Å². The maximum atomic E-state index is 13.3. The molecule has 0 aromatic heterocycles. The van der Waals surface area contributed by atoms with Crippen molar-refractivity contribution in [3.8, 4) is 0 Å². The summed E-state index contributed by atoms with van der Waals surface area (Å²) in [5.74, 6) is -0.410. The van der Waals surface area contributed by atoms with Crippen molar-refractivity contribution < 1.29 is 17.9 Å². The van der Waals surface area contributed by atoms with E-state index in [0.717, 1.165) is 11.2 Å². The number of hydrogen-bond acceptors (Lipinski definition) is 4. The Balaban J connectivity index is 2.24. The van der Waals surface area contributed by atoms with E-state index in [1.807, 2.05) is 0 Å². The van der Waals surface area contributed by atoms with Crippen molar-refractivity contribution in [1.29, 1.82) is 0 Å². The topological polar surface area (TPSA) is 54.4 Å². The van der Waals surface area contributed by atoms with Gasteiger partial charge in [-0.1, -0.05) is 11.8 Å². The Morgan fingerprint density at radius 3 is 2.30 bits per heavy atom. The molecule has 0 spiro atoms. The molecule has 3 nitrogen and oxygen atoms in total. The first-order chi connectivity index (χ1) is 9.38. The lowest BCUT2D eigenvalue weighted by molar-refractivity contribution is 0.281. The Bertz CT molecular complexity index is 710. The molecule has 0 atom stereocenters. The molecule has 0 radical (unpaired) electrons. The Morgan fingerprint density at radius 2 is 1.75 bits per heavy atom. The summed E-state index contributed by atoms with van der Waals surface area (Å²) in [6, 6.07) is 10.7. The second kappa shape index (κ2) is 5.95. The van der Waals surface area contributed by atoms with Crippen molar-refractivity contribution in [2.75, 3.05) is 6.26 Å². The monoisotopic (exact) mass is 312 g/mol. The van der Waals surface area contributed by atoms with Gasteiger partial charge in [-0.3, -0.25) is 0 Å². The summed E-state index contributed by atoms with van der Waals surface area (Å²) >= 11 is 1.30. The maximum Gasteiger partial charge on any atom is 0.175 e. The van der Waals surface area contributed by atoms with Crippen LogP contribution in [0.1, 0.15) is 5.56 Å². The number of aliphatic hydroxyl groups is 1. The van der Waals surface area contributed by atoms with Gasteiger partial charge in [0.1, 0.15) is 5.82 Å². The van der Waals surface area contributed by atoms with E-state index < -0.39 is 15.7 Å². The zero-order valence-corrected chi connectivity index (χ0v) is 12.3. The summed E-state index contributed by atoms with van der Waals surface area (Å²) in [5.41, 5.74) is 0.500. The van der Waals surface area contributed by atoms with Crippen LogP contribution in [0.5, 0.6) is 0 Å². The van der Waals surface area contributed by atoms with Gasteiger partial charge in [0.05, 0.1) is 11.5 Å². The highest BCUT2D eigenvalue weighted by molar-refractivity contribution is 7.99. The van der Waals surface area contributed by atoms with Gasteiger partial charge < -0.3 is 5.11 Å². The number of hydrogen-bond donors (Lipinski definition) is 1. The van der Waals surface area contributed by atoms with E-state index in [0.29, 0.717) is 10.5 Å². The summed E-state index contributed by atoms with van der Waals surface area (Å²) < 4.78 is 36.0. The number of sulfone groups is 1. The highest BCUT2D eigenvalue weighted by Crippen LogP contribution is 2.29. The quantitative estimate of drug-likeness (QED) is 0.943. The molecule has 0 aliphatic rings. The van der Waals surface area contributed by atoms with Crippen LogP contribution in [0.2, 0.25) is 0 Å². The molecule has 6 heteroatoms. The summed E-state index contributed by atoms with van der Waals surface area (Å²) in [5, 5.41) is 9.04. The molecule has 0 heterocycles. The van der Waals surface area contributed by atoms with Gasteiger partial charge >= 0.3 is 0 Å². The lowest BCUT2D eigenvalue weighted by Crippen LogP contribution is -1.95. The van der Waals surface area contributed by atoms with Crippen LogP contribution in [0.25, 0.3) is 0 Å². The van der Waals surface area contributed by atoms with Crippen LogP contribution < -0.4 is 0 Å². The van der Waals surface area contributed by atoms with Gasteiger partial charge in [0.15, 0.2) is 9.84 Å². The number of aliphatic hydroxyl groups excluding tert-OH is 1. The van der Waals surface area contributed by atoms with Gasteiger partial charge in [-0.2, -0.15) is 0 Å². The first-order valence-electron chi connectivity index (χ1n) is 5.77. The minimum Gasteiger partial charge on any atom is -0.392 e. The van der Waals surface area contributed by atoms with Gasteiger partial charge in [-0.05, 0) is 48.0 Å². The molecule has 0 saturated heterocycles. The van der Waals surface area contributed by atoms with E-state index in [-0.39, 0.29) is 11.5 Å². The number of halogens is 1. The van der Waals surface area contributed by atoms with E-state index in [2.05, 4.69) is 0 Å². The predicted octanol–water partition coefficient (Wildman–Crippen LogP) is 2.87. The Morgan fingerprint density at radius 1 is 1.10 bits per heavy atom. The molecule has 106 valence electrons. The second-order valence-corrected chi connectivity index (χ2v) is 7.46. The molecule has 1 N–H and O–H groups in total. The van der Waals surface area contributed by atoms with Crippen molar-refractivity contribution in [3.05, 3.63) is 53.8 Å². The normalized spacial score (nSPS) is 11.6. The average molecular weight is 312 g/mol. The average Bonchev–Trinajstić information content (AvgIpc) is 2.37. The van der Waals surface area contributed by atoms with E-state index in [1.165, 1.54) is 36.0 Å². The molecule has 0 unspecified atom stereocenters. The third-order valence-electron chi connectivity index (χ3n) is 2.60. The molecular formula is C14H13FO3S2. The van der Waals surface area contributed by atoms with E-state index in [1.54, 1.807) is 18.2 Å². The van der Waals surface area contributed by atoms with Crippen molar-refractivity contribution >= 4 is 21.6 Å². The highest BCUT2D eigenvalue weighted by Gasteiger charge is 2.07. The predicted molar refractivity (Wildman–Crippen MR) is 76.0 cm³/mol. The number of benzene rings is 2. The molecule has 2 aromatic rings. The summed E-state index contributed by atoms with van der Waals surface area (Å²) in [7, 11) is -3.21. The van der Waals surface area contributed by atoms with E-state index in [4.69, 9.17) is 5.11 Å². The highest BCUT2D eigenvalue weighted by atomic mass is 32.2. The van der Waals surface area contributed by atoms with Crippen LogP contribution in [-0.4, -0.2) is 19.8 Å². The molecule has 0 bridgehead atoms. The van der Waals surface area contributed by atoms with Crippen molar-refractivity contribution in [2.24, 2.45) is 0 Å². The Labute approximate surface area is 121 Å². The molecule has 2 aromatic carbocycles. The zero-order valence-electron chi connectivity index (χ0n) is 10.7. The van der Waals surface area contributed by atoms with Gasteiger partial charge in [-0.25, -0.2) is 12.8 Å². The summed E-state index contributed by atoms with van der Waals surface area (Å²) in [6.07, 6.45) is 1.15. The lowest BCUT2D eigenvalue weighted by Gasteiger charge is -2.05. The minimum absolute atomic E-state index is 0.224. The van der Waals surface area contributed by atoms with Crippen LogP contribution in [0.15, 0.2) is 57.2 Å². The van der Waals surface area contributed by atoms with Gasteiger partial charge in [0, 0.05) is 16.0 Å². The fourth-order valence-corrected chi connectivity index (χ4v) is 3.22. The fraction of sp³-hybridized carbons (Fsp3) is 0.143. The molecule has 2 rings (SSSR count). The van der Waals surface area contributed by atoms with Crippen LogP contribution >= 0.6 is 11.8 Å². The second-order valence-electron chi connectivity index (χ2n) is 4.30. The molecule has 0 saturated carbocycles.